The number of hydrogen-bond donors (Lipinski definition) is 3. The molecule has 2 unspecified atom stereocenters. The molecule has 30 heavy (non-hydrogen) atoms. The van der Waals surface area contributed by atoms with Crippen molar-refractivity contribution in [2.75, 3.05) is 0 Å². The predicted molar refractivity (Wildman–Crippen MR) is 111 cm³/mol. The minimum atomic E-state index is -1.16. The Labute approximate surface area is 174 Å². The Balaban J connectivity index is 2.05. The van der Waals surface area contributed by atoms with E-state index in [0.29, 0.717) is 17.1 Å². The van der Waals surface area contributed by atoms with Gasteiger partial charge in [-0.05, 0) is 23.1 Å². The van der Waals surface area contributed by atoms with Gasteiger partial charge in [-0.25, -0.2) is 14.2 Å². The summed E-state index contributed by atoms with van der Waals surface area (Å²) in [5.41, 5.74) is 1.70. The summed E-state index contributed by atoms with van der Waals surface area (Å²) in [4.78, 5) is 19.1. The summed E-state index contributed by atoms with van der Waals surface area (Å²) in [5.74, 6) is -0.407. The highest BCUT2D eigenvalue weighted by molar-refractivity contribution is 5.66. The van der Waals surface area contributed by atoms with Crippen molar-refractivity contribution >= 4 is 6.09 Å². The molecular weight excluding hydrogens is 383 g/mol. The van der Waals surface area contributed by atoms with Gasteiger partial charge in [0.1, 0.15) is 17.7 Å². The van der Waals surface area contributed by atoms with Gasteiger partial charge in [-0.15, -0.1) is 0 Å². The number of rotatable bonds is 5. The number of carbonyl (C=O) groups is 1. The number of nitriles is 1. The second-order valence-electron chi connectivity index (χ2n) is 8.17. The van der Waals surface area contributed by atoms with Crippen LogP contribution in [0.2, 0.25) is 0 Å². The van der Waals surface area contributed by atoms with E-state index in [1.54, 1.807) is 12.1 Å². The van der Waals surface area contributed by atoms with E-state index in [1.807, 2.05) is 51.1 Å². The van der Waals surface area contributed by atoms with Crippen molar-refractivity contribution in [3.8, 4) is 17.3 Å². The lowest BCUT2D eigenvalue weighted by Gasteiger charge is -2.36. The number of aromatic nitrogens is 2. The highest BCUT2D eigenvalue weighted by Crippen LogP contribution is 2.43. The largest absolute Gasteiger partial charge is 0.465 e. The predicted octanol–water partition coefficient (Wildman–Crippen LogP) is 5.23. The van der Waals surface area contributed by atoms with Gasteiger partial charge < -0.3 is 15.4 Å². The zero-order chi connectivity index (χ0) is 21.9. The van der Waals surface area contributed by atoms with Crippen LogP contribution in [0.5, 0.6) is 0 Å². The van der Waals surface area contributed by atoms with Gasteiger partial charge in [-0.3, -0.25) is 0 Å². The molecule has 0 radical (unpaired) electrons. The first-order chi connectivity index (χ1) is 14.2. The topological polar surface area (TPSA) is 102 Å². The summed E-state index contributed by atoms with van der Waals surface area (Å²) in [7, 11) is 0. The molecule has 3 N–H and O–H groups in total. The lowest BCUT2D eigenvalue weighted by molar-refractivity contribution is 0.176. The Bertz CT molecular complexity index is 1080. The molecular formula is C23H23FN4O2. The zero-order valence-corrected chi connectivity index (χ0v) is 17.0. The van der Waals surface area contributed by atoms with Gasteiger partial charge in [-0.2, -0.15) is 5.26 Å². The number of benzene rings is 2. The van der Waals surface area contributed by atoms with E-state index in [9.17, 15) is 14.3 Å². The minimum Gasteiger partial charge on any atom is -0.465 e. The van der Waals surface area contributed by atoms with Gasteiger partial charge in [0, 0.05) is 11.5 Å². The number of imidazole rings is 1. The van der Waals surface area contributed by atoms with Crippen LogP contribution >= 0.6 is 0 Å². The quantitative estimate of drug-likeness (QED) is 0.540. The molecule has 0 bridgehead atoms. The van der Waals surface area contributed by atoms with Crippen molar-refractivity contribution in [3.05, 3.63) is 77.5 Å². The summed E-state index contributed by atoms with van der Waals surface area (Å²) in [6.07, 6.45) is 0.379. The van der Waals surface area contributed by atoms with Gasteiger partial charge in [0.2, 0.25) is 0 Å². The molecule has 1 aromatic heterocycles. The fraction of sp³-hybridized carbons (Fsp3) is 0.261. The van der Waals surface area contributed by atoms with E-state index in [1.165, 1.54) is 18.3 Å². The van der Waals surface area contributed by atoms with E-state index in [0.717, 1.165) is 5.56 Å². The lowest BCUT2D eigenvalue weighted by atomic mass is 9.72. The van der Waals surface area contributed by atoms with Crippen LogP contribution in [0.15, 0.2) is 54.7 Å². The summed E-state index contributed by atoms with van der Waals surface area (Å²) in [5, 5.41) is 21.0. The average molecular weight is 406 g/mol. The van der Waals surface area contributed by atoms with Crippen molar-refractivity contribution in [1.82, 2.24) is 15.3 Å². The Hall–Kier alpha value is -3.66. The Morgan fingerprint density at radius 1 is 1.23 bits per heavy atom. The fourth-order valence-corrected chi connectivity index (χ4v) is 3.71. The number of nitrogens with zero attached hydrogens (tertiary/aromatic N) is 2. The molecule has 154 valence electrons. The van der Waals surface area contributed by atoms with Gasteiger partial charge >= 0.3 is 6.09 Å². The summed E-state index contributed by atoms with van der Waals surface area (Å²) in [6, 6.07) is 15.1. The van der Waals surface area contributed by atoms with Crippen molar-refractivity contribution in [2.24, 2.45) is 5.41 Å². The molecule has 0 saturated carbocycles. The fourth-order valence-electron chi connectivity index (χ4n) is 3.71. The van der Waals surface area contributed by atoms with Crippen LogP contribution < -0.4 is 5.32 Å². The van der Waals surface area contributed by atoms with Crippen molar-refractivity contribution in [1.29, 1.82) is 5.26 Å². The van der Waals surface area contributed by atoms with Crippen LogP contribution in [0.3, 0.4) is 0 Å². The van der Waals surface area contributed by atoms with Crippen LogP contribution in [0, 0.1) is 22.6 Å². The van der Waals surface area contributed by atoms with Crippen molar-refractivity contribution < 1.29 is 14.3 Å². The molecule has 0 aliphatic rings. The maximum Gasteiger partial charge on any atom is 0.405 e. The number of nitrogens with one attached hydrogen (secondary N) is 2. The molecule has 0 aliphatic carbocycles. The second kappa shape index (κ2) is 8.37. The molecule has 7 heteroatoms. The molecule has 0 spiro atoms. The SMILES string of the molecule is CC(C)(C)C(c1ccccc1)C(NC(=O)O)c1ncc(-c2ccc(C#N)c(F)c2)[nH]1. The summed E-state index contributed by atoms with van der Waals surface area (Å²) < 4.78 is 14.0. The van der Waals surface area contributed by atoms with Crippen LogP contribution in [-0.2, 0) is 0 Å². The molecule has 0 aliphatic heterocycles. The van der Waals surface area contributed by atoms with E-state index >= 15 is 0 Å². The molecule has 3 aromatic rings. The first kappa shape index (κ1) is 21.1. The number of amides is 1. The number of carboxylic acid groups (broad SMARTS) is 1. The third-order valence-electron chi connectivity index (χ3n) is 4.99. The minimum absolute atomic E-state index is 0.0409. The van der Waals surface area contributed by atoms with Crippen LogP contribution in [0.1, 0.15) is 49.7 Å². The lowest BCUT2D eigenvalue weighted by Crippen LogP contribution is -2.37. The number of aromatic amines is 1. The maximum absolute atomic E-state index is 14.0. The van der Waals surface area contributed by atoms with Gasteiger partial charge in [0.15, 0.2) is 0 Å². The molecule has 3 rings (SSSR count). The van der Waals surface area contributed by atoms with Crippen LogP contribution in [-0.4, -0.2) is 21.2 Å². The first-order valence-electron chi connectivity index (χ1n) is 9.50. The molecule has 6 nitrogen and oxygen atoms in total. The molecule has 1 amide bonds. The Kier molecular flexibility index (Phi) is 5.88. The third-order valence-corrected chi connectivity index (χ3v) is 4.99. The average Bonchev–Trinajstić information content (AvgIpc) is 3.17. The normalized spacial score (nSPS) is 13.3. The standard InChI is InChI=1S/C23H23FN4O2/c1-23(2,3)19(14-7-5-4-6-8-14)20(28-22(29)30)21-26-13-18(27-21)15-9-10-16(12-25)17(24)11-15/h4-11,13,19-20,28H,1-3H3,(H,26,27)(H,29,30). The van der Waals surface area contributed by atoms with E-state index in [2.05, 4.69) is 15.3 Å². The molecule has 2 atom stereocenters. The first-order valence-corrected chi connectivity index (χ1v) is 9.50. The number of H-pyrrole nitrogens is 1. The smallest absolute Gasteiger partial charge is 0.405 e. The second-order valence-corrected chi connectivity index (χ2v) is 8.17. The maximum atomic E-state index is 14.0. The van der Waals surface area contributed by atoms with Crippen molar-refractivity contribution in [3.63, 3.8) is 0 Å². The van der Waals surface area contributed by atoms with Crippen LogP contribution in [0.4, 0.5) is 9.18 Å². The number of hydrogen-bond acceptors (Lipinski definition) is 3. The molecule has 0 fully saturated rings. The zero-order valence-electron chi connectivity index (χ0n) is 17.0. The Morgan fingerprint density at radius 3 is 2.50 bits per heavy atom. The van der Waals surface area contributed by atoms with Gasteiger partial charge in [0.05, 0.1) is 23.5 Å². The highest BCUT2D eigenvalue weighted by atomic mass is 19.1. The van der Waals surface area contributed by atoms with Gasteiger partial charge in [0.25, 0.3) is 0 Å². The third kappa shape index (κ3) is 4.49. The van der Waals surface area contributed by atoms with Crippen molar-refractivity contribution in [2.45, 2.75) is 32.7 Å². The van der Waals surface area contributed by atoms with Crippen LogP contribution in [0.25, 0.3) is 11.3 Å². The summed E-state index contributed by atoms with van der Waals surface area (Å²) >= 11 is 0. The van der Waals surface area contributed by atoms with E-state index < -0.39 is 18.0 Å². The van der Waals surface area contributed by atoms with E-state index in [-0.39, 0.29) is 16.9 Å². The highest BCUT2D eigenvalue weighted by Gasteiger charge is 2.37. The molecule has 1 heterocycles. The van der Waals surface area contributed by atoms with Gasteiger partial charge in [-0.1, -0.05) is 57.2 Å². The van der Waals surface area contributed by atoms with E-state index in [4.69, 9.17) is 5.26 Å². The molecule has 0 saturated heterocycles. The Morgan fingerprint density at radius 2 is 1.93 bits per heavy atom. The summed E-state index contributed by atoms with van der Waals surface area (Å²) in [6.45, 7) is 6.13. The number of halogens is 1. The monoisotopic (exact) mass is 406 g/mol. The molecule has 2 aromatic carbocycles.